The van der Waals surface area contributed by atoms with E-state index in [4.69, 9.17) is 16.9 Å². The van der Waals surface area contributed by atoms with E-state index < -0.39 is 10.0 Å². The molecule has 0 spiro atoms. The lowest BCUT2D eigenvalue weighted by atomic mass is 10.2. The Morgan fingerprint density at radius 1 is 1.35 bits per heavy atom. The van der Waals surface area contributed by atoms with Crippen LogP contribution < -0.4 is 15.2 Å². The molecule has 0 aliphatic rings. The van der Waals surface area contributed by atoms with Crippen LogP contribution in [0.15, 0.2) is 24.3 Å². The second-order valence-corrected chi connectivity index (χ2v) is 6.22. The van der Waals surface area contributed by atoms with Gasteiger partial charge in [-0.05, 0) is 25.0 Å². The van der Waals surface area contributed by atoms with Gasteiger partial charge in [0.05, 0.1) is 5.75 Å². The first-order chi connectivity index (χ1) is 9.53. The number of ether oxygens (including phenoxy) is 1. The van der Waals surface area contributed by atoms with Gasteiger partial charge in [0.1, 0.15) is 12.4 Å². The fourth-order valence-electron chi connectivity index (χ4n) is 1.53. The van der Waals surface area contributed by atoms with E-state index in [1.54, 1.807) is 24.3 Å². The number of hydrogen-bond acceptors (Lipinski definition) is 4. The third-order valence-corrected chi connectivity index (χ3v) is 3.90. The zero-order chi connectivity index (χ0) is 14.8. The molecule has 0 aliphatic carbocycles. The maximum Gasteiger partial charge on any atom is 0.214 e. The Morgan fingerprint density at radius 2 is 2.15 bits per heavy atom. The molecule has 0 fully saturated rings. The second kappa shape index (κ2) is 8.46. The van der Waals surface area contributed by atoms with E-state index in [-0.39, 0.29) is 12.4 Å². The number of terminal acetylenes is 1. The Labute approximate surface area is 120 Å². The van der Waals surface area contributed by atoms with Crippen molar-refractivity contribution in [1.29, 1.82) is 0 Å². The van der Waals surface area contributed by atoms with Crippen molar-refractivity contribution in [2.45, 2.75) is 19.3 Å². The summed E-state index contributed by atoms with van der Waals surface area (Å²) in [4.78, 5) is 0. The first kappa shape index (κ1) is 16.3. The molecule has 0 heterocycles. The maximum absolute atomic E-state index is 11.7. The molecule has 0 amide bonds. The van der Waals surface area contributed by atoms with Crippen LogP contribution in [-0.4, -0.2) is 27.3 Å². The van der Waals surface area contributed by atoms with E-state index in [1.807, 2.05) is 0 Å². The summed E-state index contributed by atoms with van der Waals surface area (Å²) >= 11 is 0. The molecule has 110 valence electrons. The third kappa shape index (κ3) is 7.02. The van der Waals surface area contributed by atoms with Crippen LogP contribution in [0, 0.1) is 12.3 Å². The lowest BCUT2D eigenvalue weighted by molar-refractivity contribution is 0.340. The van der Waals surface area contributed by atoms with E-state index in [1.165, 1.54) is 0 Å². The van der Waals surface area contributed by atoms with Crippen molar-refractivity contribution in [1.82, 2.24) is 4.72 Å². The van der Waals surface area contributed by atoms with Gasteiger partial charge in [-0.25, -0.2) is 13.1 Å². The van der Waals surface area contributed by atoms with Crippen molar-refractivity contribution in [3.05, 3.63) is 24.3 Å². The normalized spacial score (nSPS) is 10.9. The van der Waals surface area contributed by atoms with E-state index in [2.05, 4.69) is 10.6 Å². The van der Waals surface area contributed by atoms with Gasteiger partial charge in [-0.3, -0.25) is 0 Å². The predicted octanol–water partition coefficient (Wildman–Crippen LogP) is 1.37. The number of anilines is 1. The van der Waals surface area contributed by atoms with Crippen molar-refractivity contribution in [2.75, 3.05) is 24.6 Å². The summed E-state index contributed by atoms with van der Waals surface area (Å²) in [5, 5.41) is 0. The molecule has 6 heteroatoms. The number of hydrogen-bond donors (Lipinski definition) is 2. The van der Waals surface area contributed by atoms with Gasteiger partial charge in [0.2, 0.25) is 10.0 Å². The average Bonchev–Trinajstić information content (AvgIpc) is 2.38. The standard InChI is InChI=1S/C14H20N2O3S/c1-2-3-4-5-9-16-20(17,18)11-10-19-14-8-6-7-13(15)12-14/h1,6-8,12,16H,3-5,9-11,15H2. The summed E-state index contributed by atoms with van der Waals surface area (Å²) < 4.78 is 31.2. The SMILES string of the molecule is C#CCCCCNS(=O)(=O)CCOc1cccc(N)c1. The number of nitrogen functional groups attached to an aromatic ring is 1. The molecular weight excluding hydrogens is 276 g/mol. The van der Waals surface area contributed by atoms with Crippen molar-refractivity contribution in [3.8, 4) is 18.1 Å². The van der Waals surface area contributed by atoms with Gasteiger partial charge in [-0.2, -0.15) is 0 Å². The Balaban J connectivity index is 2.24. The Hall–Kier alpha value is -1.71. The van der Waals surface area contributed by atoms with Crippen LogP contribution in [0.3, 0.4) is 0 Å². The average molecular weight is 296 g/mol. The first-order valence-electron chi connectivity index (χ1n) is 6.42. The summed E-state index contributed by atoms with van der Waals surface area (Å²) in [6, 6.07) is 6.88. The van der Waals surface area contributed by atoms with Crippen LogP contribution in [0.1, 0.15) is 19.3 Å². The fraction of sp³-hybridized carbons (Fsp3) is 0.429. The van der Waals surface area contributed by atoms with Crippen LogP contribution in [0.2, 0.25) is 0 Å². The minimum absolute atomic E-state index is 0.0864. The summed E-state index contributed by atoms with van der Waals surface area (Å²) in [6.45, 7) is 0.492. The van der Waals surface area contributed by atoms with Crippen molar-refractivity contribution in [3.63, 3.8) is 0 Å². The minimum Gasteiger partial charge on any atom is -0.492 e. The van der Waals surface area contributed by atoms with E-state index in [0.717, 1.165) is 12.8 Å². The molecule has 0 atom stereocenters. The molecule has 1 aromatic rings. The minimum atomic E-state index is -3.31. The van der Waals surface area contributed by atoms with Crippen LogP contribution >= 0.6 is 0 Å². The number of rotatable bonds is 9. The third-order valence-electron chi connectivity index (χ3n) is 2.55. The summed E-state index contributed by atoms with van der Waals surface area (Å²) in [6.07, 6.45) is 7.33. The highest BCUT2D eigenvalue weighted by atomic mass is 32.2. The van der Waals surface area contributed by atoms with Gasteiger partial charge in [-0.15, -0.1) is 12.3 Å². The molecule has 0 saturated carbocycles. The van der Waals surface area contributed by atoms with Crippen molar-refractivity contribution in [2.24, 2.45) is 0 Å². The quantitative estimate of drug-likeness (QED) is 0.410. The number of nitrogens with one attached hydrogen (secondary N) is 1. The van der Waals surface area contributed by atoms with Gasteiger partial charge < -0.3 is 10.5 Å². The van der Waals surface area contributed by atoms with Gasteiger partial charge in [-0.1, -0.05) is 6.07 Å². The van der Waals surface area contributed by atoms with E-state index in [9.17, 15) is 8.42 Å². The molecule has 3 N–H and O–H groups in total. The van der Waals surface area contributed by atoms with Gasteiger partial charge in [0.25, 0.3) is 0 Å². The van der Waals surface area contributed by atoms with E-state index >= 15 is 0 Å². The summed E-state index contributed by atoms with van der Waals surface area (Å²) in [7, 11) is -3.31. The van der Waals surface area contributed by atoms with Gasteiger partial charge >= 0.3 is 0 Å². The molecule has 0 aromatic heterocycles. The Kier molecular flexibility index (Phi) is 6.91. The predicted molar refractivity (Wildman–Crippen MR) is 80.8 cm³/mol. The molecule has 0 saturated heterocycles. The summed E-state index contributed by atoms with van der Waals surface area (Å²) in [5.41, 5.74) is 6.18. The second-order valence-electron chi connectivity index (χ2n) is 4.30. The maximum atomic E-state index is 11.7. The zero-order valence-electron chi connectivity index (χ0n) is 11.3. The van der Waals surface area contributed by atoms with Crippen LogP contribution in [-0.2, 0) is 10.0 Å². The molecule has 0 aliphatic heterocycles. The van der Waals surface area contributed by atoms with Crippen LogP contribution in [0.25, 0.3) is 0 Å². The molecule has 1 aromatic carbocycles. The van der Waals surface area contributed by atoms with E-state index in [0.29, 0.717) is 24.4 Å². The Bertz CT molecular complexity index is 550. The fourth-order valence-corrected chi connectivity index (χ4v) is 2.43. The number of sulfonamides is 1. The number of unbranched alkanes of at least 4 members (excludes halogenated alkanes) is 2. The van der Waals surface area contributed by atoms with Crippen LogP contribution in [0.5, 0.6) is 5.75 Å². The van der Waals surface area contributed by atoms with Gasteiger partial charge in [0.15, 0.2) is 0 Å². The molecule has 20 heavy (non-hydrogen) atoms. The molecule has 1 rings (SSSR count). The monoisotopic (exact) mass is 296 g/mol. The molecule has 0 radical (unpaired) electrons. The largest absolute Gasteiger partial charge is 0.492 e. The van der Waals surface area contributed by atoms with Crippen molar-refractivity contribution < 1.29 is 13.2 Å². The molecule has 0 bridgehead atoms. The smallest absolute Gasteiger partial charge is 0.214 e. The Morgan fingerprint density at radius 3 is 2.85 bits per heavy atom. The van der Waals surface area contributed by atoms with Gasteiger partial charge in [0, 0.05) is 24.7 Å². The highest BCUT2D eigenvalue weighted by Gasteiger charge is 2.09. The zero-order valence-corrected chi connectivity index (χ0v) is 12.2. The lowest BCUT2D eigenvalue weighted by Gasteiger charge is -2.08. The molecular formula is C14H20N2O3S. The molecule has 5 nitrogen and oxygen atoms in total. The number of benzene rings is 1. The first-order valence-corrected chi connectivity index (χ1v) is 8.08. The van der Waals surface area contributed by atoms with Crippen molar-refractivity contribution >= 4 is 15.7 Å². The lowest BCUT2D eigenvalue weighted by Crippen LogP contribution is -2.29. The summed E-state index contributed by atoms with van der Waals surface area (Å²) in [5.74, 6) is 2.99. The number of nitrogens with two attached hydrogens (primary N) is 1. The highest BCUT2D eigenvalue weighted by Crippen LogP contribution is 2.14. The topological polar surface area (TPSA) is 81.4 Å². The van der Waals surface area contributed by atoms with Crippen LogP contribution in [0.4, 0.5) is 5.69 Å². The highest BCUT2D eigenvalue weighted by molar-refractivity contribution is 7.89. The molecule has 0 unspecified atom stereocenters.